The fourth-order valence-corrected chi connectivity index (χ4v) is 0. The van der Waals surface area contributed by atoms with Crippen LogP contribution in [0.5, 0.6) is 0 Å². The molecule has 0 rings (SSSR count). The maximum absolute atomic E-state index is 11.1. The van der Waals surface area contributed by atoms with Crippen LogP contribution in [0.25, 0.3) is 0 Å². The van der Waals surface area contributed by atoms with E-state index in [1.165, 1.54) is 0 Å². The summed E-state index contributed by atoms with van der Waals surface area (Å²) < 4.78 is 11.3. The van der Waals surface area contributed by atoms with Gasteiger partial charge in [0.25, 0.3) is 0 Å². The summed E-state index contributed by atoms with van der Waals surface area (Å²) in [5.41, 5.74) is 0. The second-order valence-corrected chi connectivity index (χ2v) is 3.06. The molecule has 1 atom stereocenters. The van der Waals surface area contributed by atoms with Gasteiger partial charge in [0, 0.05) is 3.82 Å². The van der Waals surface area contributed by atoms with E-state index in [0.717, 1.165) is 0 Å². The molecule has 0 heterocycles. The highest BCUT2D eigenvalue weighted by molar-refractivity contribution is 14.1. The summed E-state index contributed by atoms with van der Waals surface area (Å²) in [5.74, 6) is 0. The van der Waals surface area contributed by atoms with Crippen molar-refractivity contribution in [2.45, 2.75) is 3.82 Å². The molecule has 0 aromatic heterocycles. The number of hydrogen-bond donors (Lipinski definition) is 0. The Morgan fingerprint density at radius 1 is 2.00 bits per heavy atom. The van der Waals surface area contributed by atoms with Gasteiger partial charge in [0.15, 0.2) is 0 Å². The molecule has 0 bridgehead atoms. The highest BCUT2D eigenvalue weighted by atomic mass is 127. The number of alkyl halides is 2. The topological polar surface area (TPSA) is 0 Å². The second kappa shape index (κ2) is 2.94. The van der Waals surface area contributed by atoms with Crippen molar-refractivity contribution in [2.24, 2.45) is 0 Å². The molecule has 0 radical (unpaired) electrons. The zero-order valence-corrected chi connectivity index (χ0v) is 5.20. The molecule has 3 heteroatoms. The normalized spacial score (nSPS) is 14.8. The van der Waals surface area contributed by atoms with Crippen LogP contribution < -0.4 is 0 Å². The Kier molecular flexibility index (Phi) is 3.36. The minimum atomic E-state index is -0.208. The highest BCUT2D eigenvalue weighted by Crippen LogP contribution is 1.91. The van der Waals surface area contributed by atoms with Gasteiger partial charge in [-0.2, -0.15) is 0 Å². The number of halogens is 2. The summed E-state index contributed by atoms with van der Waals surface area (Å²) in [5, 5.41) is 0. The third kappa shape index (κ3) is 4.72. The largest absolute Gasteiger partial charge is 0.251 e. The molecular formula is C2H5BFI. The maximum atomic E-state index is 11.1. The van der Waals surface area contributed by atoms with Crippen molar-refractivity contribution in [1.29, 1.82) is 0 Å². The molecule has 0 saturated carbocycles. The molecule has 0 aliphatic rings. The van der Waals surface area contributed by atoms with Gasteiger partial charge < -0.3 is 0 Å². The smallest absolute Gasteiger partial charge is 0.121 e. The van der Waals surface area contributed by atoms with Gasteiger partial charge in [-0.25, -0.2) is 0 Å². The number of hydrogen-bond acceptors (Lipinski definition) is 0. The van der Waals surface area contributed by atoms with Crippen LogP contribution in [0.4, 0.5) is 4.39 Å². The quantitative estimate of drug-likeness (QED) is 0.314. The molecule has 30 valence electrons. The van der Waals surface area contributed by atoms with Crippen molar-refractivity contribution in [3.05, 3.63) is 0 Å². The first-order valence-electron chi connectivity index (χ1n) is 1.47. The van der Waals surface area contributed by atoms with E-state index >= 15 is 0 Å². The molecule has 0 N–H and O–H groups in total. The Labute approximate surface area is 45.7 Å². The maximum Gasteiger partial charge on any atom is 0.121 e. The van der Waals surface area contributed by atoms with Crippen LogP contribution in [0.15, 0.2) is 0 Å². The van der Waals surface area contributed by atoms with Crippen molar-refractivity contribution in [3.8, 4) is 0 Å². The number of rotatable bonds is 1. The zero-order valence-electron chi connectivity index (χ0n) is 3.04. The fraction of sp³-hybridized carbons (Fsp3) is 1.00. The summed E-state index contributed by atoms with van der Waals surface area (Å²) in [6.07, 6.45) is 0. The lowest BCUT2D eigenvalue weighted by Crippen LogP contribution is -1.95. The van der Waals surface area contributed by atoms with Crippen LogP contribution in [-0.2, 0) is 0 Å². The first-order chi connectivity index (χ1) is 2.27. The summed E-state index contributed by atoms with van der Waals surface area (Å²) in [7, 11) is 1.83. The van der Waals surface area contributed by atoms with Crippen LogP contribution in [0.2, 0.25) is 0 Å². The molecule has 0 saturated heterocycles. The Morgan fingerprint density at radius 2 is 2.20 bits per heavy atom. The van der Waals surface area contributed by atoms with Crippen LogP contribution in [0.3, 0.4) is 0 Å². The van der Waals surface area contributed by atoms with E-state index in [1.807, 2.05) is 30.4 Å². The Bertz CT molecular complexity index is 23.6. The van der Waals surface area contributed by atoms with Crippen LogP contribution >= 0.6 is 22.6 Å². The summed E-state index contributed by atoms with van der Waals surface area (Å²) in [4.78, 5) is 0. The van der Waals surface area contributed by atoms with Crippen molar-refractivity contribution in [1.82, 2.24) is 0 Å². The lowest BCUT2D eigenvalue weighted by molar-refractivity contribution is 0.525. The predicted molar refractivity (Wildman–Crippen MR) is 32.3 cm³/mol. The highest BCUT2D eigenvalue weighted by Gasteiger charge is 1.87. The molecule has 0 aromatic rings. The van der Waals surface area contributed by atoms with Gasteiger partial charge in [-0.3, -0.25) is 4.39 Å². The summed E-state index contributed by atoms with van der Waals surface area (Å²) in [6.45, 7) is -0.208. The third-order valence-corrected chi connectivity index (χ3v) is 0.546. The van der Waals surface area contributed by atoms with Gasteiger partial charge in [0.1, 0.15) is 7.85 Å². The van der Waals surface area contributed by atoms with E-state index in [4.69, 9.17) is 0 Å². The van der Waals surface area contributed by atoms with E-state index in [1.54, 1.807) is 0 Å². The first-order valence-corrected chi connectivity index (χ1v) is 2.72. The monoisotopic (exact) mass is 186 g/mol. The van der Waals surface area contributed by atoms with E-state index in [0.29, 0.717) is 0 Å². The molecule has 0 spiro atoms. The van der Waals surface area contributed by atoms with Gasteiger partial charge in [0.2, 0.25) is 0 Å². The van der Waals surface area contributed by atoms with E-state index < -0.39 is 0 Å². The standard InChI is InChI=1S/C2H5BFI/c3-2(5)1-4/h2H,1,3H2. The predicted octanol–water partition coefficient (Wildman–Crippen LogP) is 0.350. The van der Waals surface area contributed by atoms with E-state index in [-0.39, 0.29) is 10.5 Å². The Morgan fingerprint density at radius 3 is 2.20 bits per heavy atom. The molecule has 5 heavy (non-hydrogen) atoms. The molecule has 0 fully saturated rings. The van der Waals surface area contributed by atoms with Gasteiger partial charge in [0.05, 0.1) is 6.67 Å². The summed E-state index contributed by atoms with van der Waals surface area (Å²) >= 11 is 2.03. The van der Waals surface area contributed by atoms with Gasteiger partial charge in [-0.05, 0) is 0 Å². The molecular weight excluding hydrogens is 181 g/mol. The zero-order chi connectivity index (χ0) is 4.28. The molecule has 1 unspecified atom stereocenters. The van der Waals surface area contributed by atoms with Crippen molar-refractivity contribution in [3.63, 3.8) is 0 Å². The Balaban J connectivity index is 2.54. The lowest BCUT2D eigenvalue weighted by Gasteiger charge is -1.84. The molecule has 0 aliphatic heterocycles. The van der Waals surface area contributed by atoms with Crippen molar-refractivity contribution in [2.75, 3.05) is 6.67 Å². The lowest BCUT2D eigenvalue weighted by atomic mass is 10.1. The van der Waals surface area contributed by atoms with Gasteiger partial charge in [-0.1, -0.05) is 22.6 Å². The minimum absolute atomic E-state index is 0.188. The third-order valence-electron chi connectivity index (χ3n) is 0.213. The molecule has 0 amide bonds. The van der Waals surface area contributed by atoms with Crippen molar-refractivity contribution >= 4 is 30.4 Å². The fourth-order valence-electron chi connectivity index (χ4n) is 0. The van der Waals surface area contributed by atoms with E-state index in [2.05, 4.69) is 0 Å². The molecule has 0 aromatic carbocycles. The van der Waals surface area contributed by atoms with Gasteiger partial charge in [-0.15, -0.1) is 0 Å². The SMILES string of the molecule is BC(I)CF. The molecule has 0 nitrogen and oxygen atoms in total. The summed E-state index contributed by atoms with van der Waals surface area (Å²) in [6, 6.07) is 0. The minimum Gasteiger partial charge on any atom is -0.251 e. The van der Waals surface area contributed by atoms with Gasteiger partial charge >= 0.3 is 0 Å². The average Bonchev–Trinajstić information content (AvgIpc) is 1.38. The van der Waals surface area contributed by atoms with Crippen LogP contribution in [0, 0.1) is 0 Å². The first kappa shape index (κ1) is 5.72. The average molecular weight is 186 g/mol. The van der Waals surface area contributed by atoms with Crippen LogP contribution in [-0.4, -0.2) is 18.3 Å². The molecule has 0 aliphatic carbocycles. The van der Waals surface area contributed by atoms with Crippen molar-refractivity contribution < 1.29 is 4.39 Å². The Hall–Kier alpha value is 0.725. The van der Waals surface area contributed by atoms with E-state index in [9.17, 15) is 4.39 Å². The second-order valence-electron chi connectivity index (χ2n) is 0.935. The van der Waals surface area contributed by atoms with Crippen LogP contribution in [0.1, 0.15) is 0 Å².